The summed E-state index contributed by atoms with van der Waals surface area (Å²) in [5.41, 5.74) is 2.30. The minimum atomic E-state index is -0.331. The van der Waals surface area contributed by atoms with Gasteiger partial charge >= 0.3 is 0 Å². The zero-order chi connectivity index (χ0) is 29.9. The van der Waals surface area contributed by atoms with Crippen molar-refractivity contribution in [3.63, 3.8) is 0 Å². The Kier molecular flexibility index (Phi) is 11.2. The lowest BCUT2D eigenvalue weighted by Crippen LogP contribution is -2.49. The number of carbonyl (C=O) groups excluding carboxylic acids is 3. The molecule has 1 N–H and O–H groups in total. The lowest BCUT2D eigenvalue weighted by Gasteiger charge is -2.34. The van der Waals surface area contributed by atoms with E-state index in [0.29, 0.717) is 41.8 Å². The molecule has 10 heteroatoms. The highest BCUT2D eigenvalue weighted by Gasteiger charge is 2.23. The van der Waals surface area contributed by atoms with E-state index in [1.165, 1.54) is 21.8 Å². The Hall–Kier alpha value is -4.02. The molecule has 1 saturated heterocycles. The van der Waals surface area contributed by atoms with Crippen molar-refractivity contribution in [1.29, 1.82) is 0 Å². The number of hydrogen-bond acceptors (Lipinski definition) is 7. The van der Waals surface area contributed by atoms with Gasteiger partial charge in [-0.25, -0.2) is 4.98 Å². The van der Waals surface area contributed by atoms with Gasteiger partial charge in [0.2, 0.25) is 11.8 Å². The molecule has 3 amide bonds. The van der Waals surface area contributed by atoms with Crippen LogP contribution in [-0.4, -0.2) is 90.3 Å². The molecule has 3 aromatic rings. The number of aromatic nitrogens is 1. The second-order valence-electron chi connectivity index (χ2n) is 10.7. The second kappa shape index (κ2) is 15.3. The van der Waals surface area contributed by atoms with Crippen LogP contribution in [0.15, 0.2) is 66.1 Å². The van der Waals surface area contributed by atoms with Crippen molar-refractivity contribution < 1.29 is 19.1 Å². The average molecular weight is 590 g/mol. The van der Waals surface area contributed by atoms with Gasteiger partial charge in [-0.3, -0.25) is 19.3 Å². The summed E-state index contributed by atoms with van der Waals surface area (Å²) in [7, 11) is 1.57. The van der Waals surface area contributed by atoms with Gasteiger partial charge in [0, 0.05) is 50.2 Å². The van der Waals surface area contributed by atoms with Gasteiger partial charge in [-0.1, -0.05) is 56.3 Å². The lowest BCUT2D eigenvalue weighted by molar-refractivity contribution is -0.132. The van der Waals surface area contributed by atoms with Crippen molar-refractivity contribution in [2.75, 3.05) is 58.2 Å². The maximum absolute atomic E-state index is 13.1. The summed E-state index contributed by atoms with van der Waals surface area (Å²) >= 11 is 1.28. The Balaban J connectivity index is 1.23. The number of nitrogens with zero attached hydrogens (tertiary/aromatic N) is 4. The summed E-state index contributed by atoms with van der Waals surface area (Å²) in [6.45, 7) is 8.20. The summed E-state index contributed by atoms with van der Waals surface area (Å²) in [4.78, 5) is 49.1. The zero-order valence-corrected chi connectivity index (χ0v) is 25.3. The number of hydrogen-bond donors (Lipinski definition) is 1. The van der Waals surface area contributed by atoms with Crippen LogP contribution in [0.3, 0.4) is 0 Å². The number of anilines is 1. The normalized spacial score (nSPS) is 13.9. The Morgan fingerprint density at radius 2 is 1.76 bits per heavy atom. The number of piperazine rings is 1. The van der Waals surface area contributed by atoms with Gasteiger partial charge in [0.1, 0.15) is 12.3 Å². The van der Waals surface area contributed by atoms with E-state index in [4.69, 9.17) is 4.74 Å². The van der Waals surface area contributed by atoms with Crippen molar-refractivity contribution in [2.24, 2.45) is 5.92 Å². The molecule has 1 fully saturated rings. The fourth-order valence-electron chi connectivity index (χ4n) is 4.70. The van der Waals surface area contributed by atoms with Crippen LogP contribution < -0.4 is 10.1 Å². The molecule has 1 aliphatic rings. The highest BCUT2D eigenvalue weighted by molar-refractivity contribution is 7.13. The number of nitrogens with one attached hydrogen (secondary N) is 1. The Labute approximate surface area is 251 Å². The number of carbonyl (C=O) groups is 3. The van der Waals surface area contributed by atoms with E-state index in [1.807, 2.05) is 36.9 Å². The predicted molar refractivity (Wildman–Crippen MR) is 167 cm³/mol. The van der Waals surface area contributed by atoms with Gasteiger partial charge in [-0.15, -0.1) is 11.3 Å². The number of amides is 3. The van der Waals surface area contributed by atoms with Gasteiger partial charge in [0.05, 0.1) is 19.2 Å². The van der Waals surface area contributed by atoms with E-state index >= 15 is 0 Å². The molecule has 42 heavy (non-hydrogen) atoms. The van der Waals surface area contributed by atoms with E-state index in [1.54, 1.807) is 36.8 Å². The molecule has 0 bridgehead atoms. The van der Waals surface area contributed by atoms with Crippen LogP contribution in [0.1, 0.15) is 35.5 Å². The Morgan fingerprint density at radius 3 is 2.43 bits per heavy atom. The van der Waals surface area contributed by atoms with Gasteiger partial charge in [0.15, 0.2) is 5.13 Å². The molecule has 9 nitrogen and oxygen atoms in total. The van der Waals surface area contributed by atoms with Crippen LogP contribution in [0.4, 0.5) is 5.13 Å². The summed E-state index contributed by atoms with van der Waals surface area (Å²) in [5, 5.41) is 5.01. The van der Waals surface area contributed by atoms with Crippen LogP contribution in [0, 0.1) is 5.92 Å². The number of methoxy groups -OCH3 is 1. The SMILES string of the molecule is COc1ccc(C(=O)N(CC(=O)Nc2nc(CC(=O)N3CCN(C/C=C/c4ccccc4)CC3)cs2)CC(C)C)cc1. The molecule has 222 valence electrons. The van der Waals surface area contributed by atoms with E-state index in [0.717, 1.165) is 19.6 Å². The molecule has 0 spiro atoms. The monoisotopic (exact) mass is 589 g/mol. The first-order chi connectivity index (χ1) is 20.3. The molecule has 0 unspecified atom stereocenters. The summed E-state index contributed by atoms with van der Waals surface area (Å²) in [5.74, 6) is 0.323. The summed E-state index contributed by atoms with van der Waals surface area (Å²) in [6.07, 6.45) is 4.47. The number of thiazole rings is 1. The minimum absolute atomic E-state index is 0.0332. The maximum atomic E-state index is 13.1. The molecule has 0 saturated carbocycles. The molecule has 0 aliphatic carbocycles. The second-order valence-corrected chi connectivity index (χ2v) is 11.5. The van der Waals surface area contributed by atoms with Crippen LogP contribution in [0.25, 0.3) is 6.08 Å². The molecular formula is C32H39N5O4S. The fourth-order valence-corrected chi connectivity index (χ4v) is 5.43. The number of ether oxygens (including phenoxy) is 1. The molecule has 4 rings (SSSR count). The fraction of sp³-hybridized carbons (Fsp3) is 0.375. The Bertz CT molecular complexity index is 1350. The van der Waals surface area contributed by atoms with Gasteiger partial charge in [-0.05, 0) is 35.7 Å². The third kappa shape index (κ3) is 9.25. The summed E-state index contributed by atoms with van der Waals surface area (Å²) in [6, 6.07) is 17.1. The average Bonchev–Trinajstić information content (AvgIpc) is 3.43. The van der Waals surface area contributed by atoms with Crippen LogP contribution in [-0.2, 0) is 16.0 Å². The molecule has 0 atom stereocenters. The van der Waals surface area contributed by atoms with E-state index < -0.39 is 0 Å². The molecule has 1 aliphatic heterocycles. The molecule has 2 heterocycles. The first-order valence-electron chi connectivity index (χ1n) is 14.2. The lowest BCUT2D eigenvalue weighted by atomic mass is 10.1. The number of rotatable bonds is 12. The van der Waals surface area contributed by atoms with Crippen molar-refractivity contribution in [1.82, 2.24) is 19.7 Å². The third-order valence-electron chi connectivity index (χ3n) is 6.87. The largest absolute Gasteiger partial charge is 0.497 e. The van der Waals surface area contributed by atoms with E-state index in [9.17, 15) is 14.4 Å². The zero-order valence-electron chi connectivity index (χ0n) is 24.5. The van der Waals surface area contributed by atoms with Crippen LogP contribution >= 0.6 is 11.3 Å². The minimum Gasteiger partial charge on any atom is -0.497 e. The molecule has 2 aromatic carbocycles. The highest BCUT2D eigenvalue weighted by Crippen LogP contribution is 2.18. The summed E-state index contributed by atoms with van der Waals surface area (Å²) < 4.78 is 5.17. The van der Waals surface area contributed by atoms with E-state index in [2.05, 4.69) is 39.5 Å². The van der Waals surface area contributed by atoms with Crippen LogP contribution in [0.2, 0.25) is 0 Å². The van der Waals surface area contributed by atoms with Crippen molar-refractivity contribution in [3.8, 4) is 5.75 Å². The Morgan fingerprint density at radius 1 is 1.05 bits per heavy atom. The first-order valence-corrected chi connectivity index (χ1v) is 15.1. The molecule has 0 radical (unpaired) electrons. The molecular weight excluding hydrogens is 550 g/mol. The van der Waals surface area contributed by atoms with Crippen molar-refractivity contribution in [3.05, 3.63) is 82.9 Å². The standard InChI is InChI=1S/C32H39N5O4S/c1-24(2)21-37(31(40)26-11-13-28(41-3)14-12-26)22-29(38)34-32-33-27(23-42-32)20-30(39)36-18-16-35(17-19-36)15-7-10-25-8-5-4-6-9-25/h4-14,23-24H,15-22H2,1-3H3,(H,33,34,38)/b10-7+. The quantitative estimate of drug-likeness (QED) is 0.339. The smallest absolute Gasteiger partial charge is 0.254 e. The van der Waals surface area contributed by atoms with Gasteiger partial charge in [-0.2, -0.15) is 0 Å². The van der Waals surface area contributed by atoms with Crippen molar-refractivity contribution >= 4 is 40.3 Å². The molecule has 1 aromatic heterocycles. The number of benzene rings is 2. The third-order valence-corrected chi connectivity index (χ3v) is 7.68. The first kappa shape index (κ1) is 30.9. The predicted octanol–water partition coefficient (Wildman–Crippen LogP) is 4.29. The van der Waals surface area contributed by atoms with Crippen molar-refractivity contribution in [2.45, 2.75) is 20.3 Å². The van der Waals surface area contributed by atoms with Gasteiger partial charge in [0.25, 0.3) is 5.91 Å². The maximum Gasteiger partial charge on any atom is 0.254 e. The van der Waals surface area contributed by atoms with Gasteiger partial charge < -0.3 is 19.9 Å². The highest BCUT2D eigenvalue weighted by atomic mass is 32.1. The van der Waals surface area contributed by atoms with E-state index in [-0.39, 0.29) is 36.6 Å². The van der Waals surface area contributed by atoms with Crippen LogP contribution in [0.5, 0.6) is 5.75 Å². The topological polar surface area (TPSA) is 95.1 Å².